The molecule has 0 radical (unpaired) electrons. The summed E-state index contributed by atoms with van der Waals surface area (Å²) >= 11 is 3.28. The highest BCUT2D eigenvalue weighted by atomic mass is 79.9. The molecule has 1 aliphatic rings. The highest BCUT2D eigenvalue weighted by molar-refractivity contribution is 9.10. The van der Waals surface area contributed by atoms with Crippen LogP contribution in [0.5, 0.6) is 0 Å². The van der Waals surface area contributed by atoms with E-state index in [0.717, 1.165) is 17.3 Å². The van der Waals surface area contributed by atoms with Crippen LogP contribution in [0.1, 0.15) is 18.4 Å². The van der Waals surface area contributed by atoms with Gasteiger partial charge in [0, 0.05) is 30.0 Å². The SMILES string of the molecule is O=C(Cc1cc(Br)ccc1F)C1CCOCC1. The quantitative estimate of drug-likeness (QED) is 0.857. The van der Waals surface area contributed by atoms with E-state index >= 15 is 0 Å². The van der Waals surface area contributed by atoms with Crippen molar-refractivity contribution in [2.75, 3.05) is 13.2 Å². The molecule has 0 aliphatic carbocycles. The smallest absolute Gasteiger partial charge is 0.140 e. The van der Waals surface area contributed by atoms with Crippen LogP contribution in [0.2, 0.25) is 0 Å². The summed E-state index contributed by atoms with van der Waals surface area (Å²) in [6.07, 6.45) is 1.69. The van der Waals surface area contributed by atoms with Crippen LogP contribution in [0.4, 0.5) is 4.39 Å². The molecular weight excluding hydrogens is 287 g/mol. The number of hydrogen-bond acceptors (Lipinski definition) is 2. The van der Waals surface area contributed by atoms with Crippen LogP contribution >= 0.6 is 15.9 Å². The Kier molecular flexibility index (Phi) is 4.29. The Bertz CT molecular complexity index is 414. The average molecular weight is 301 g/mol. The van der Waals surface area contributed by atoms with Crippen molar-refractivity contribution in [1.29, 1.82) is 0 Å². The highest BCUT2D eigenvalue weighted by Gasteiger charge is 2.22. The third kappa shape index (κ3) is 3.36. The first kappa shape index (κ1) is 12.7. The van der Waals surface area contributed by atoms with Crippen LogP contribution < -0.4 is 0 Å². The maximum atomic E-state index is 13.5. The Morgan fingerprint density at radius 2 is 2.12 bits per heavy atom. The minimum Gasteiger partial charge on any atom is -0.381 e. The highest BCUT2D eigenvalue weighted by Crippen LogP contribution is 2.21. The van der Waals surface area contributed by atoms with E-state index in [0.29, 0.717) is 18.8 Å². The monoisotopic (exact) mass is 300 g/mol. The first-order chi connectivity index (χ1) is 8.16. The maximum absolute atomic E-state index is 13.5. The number of ether oxygens (including phenoxy) is 1. The standard InChI is InChI=1S/C13H14BrFO2/c14-11-1-2-12(15)10(7-11)8-13(16)9-3-5-17-6-4-9/h1-2,7,9H,3-6,8H2. The molecule has 92 valence electrons. The lowest BCUT2D eigenvalue weighted by molar-refractivity contribution is -0.125. The molecule has 2 rings (SSSR count). The summed E-state index contributed by atoms with van der Waals surface area (Å²) in [5, 5.41) is 0. The Morgan fingerprint density at radius 1 is 1.41 bits per heavy atom. The Balaban J connectivity index is 2.04. The second-order valence-electron chi connectivity index (χ2n) is 4.27. The molecule has 2 nitrogen and oxygen atoms in total. The number of ketones is 1. The number of benzene rings is 1. The molecule has 1 saturated heterocycles. The van der Waals surface area contributed by atoms with E-state index in [9.17, 15) is 9.18 Å². The van der Waals surface area contributed by atoms with Gasteiger partial charge in [0.1, 0.15) is 11.6 Å². The molecule has 0 amide bonds. The Morgan fingerprint density at radius 3 is 2.82 bits per heavy atom. The van der Waals surface area contributed by atoms with Crippen molar-refractivity contribution in [3.8, 4) is 0 Å². The molecule has 1 aromatic rings. The zero-order chi connectivity index (χ0) is 12.3. The molecule has 0 unspecified atom stereocenters. The van der Waals surface area contributed by atoms with E-state index in [-0.39, 0.29) is 23.9 Å². The van der Waals surface area contributed by atoms with Gasteiger partial charge in [-0.1, -0.05) is 15.9 Å². The fraction of sp³-hybridized carbons (Fsp3) is 0.462. The summed E-state index contributed by atoms with van der Waals surface area (Å²) in [4.78, 5) is 12.0. The molecule has 0 N–H and O–H groups in total. The van der Waals surface area contributed by atoms with E-state index in [2.05, 4.69) is 15.9 Å². The summed E-state index contributed by atoms with van der Waals surface area (Å²) in [5.74, 6) is -0.166. The molecule has 4 heteroatoms. The first-order valence-electron chi connectivity index (χ1n) is 5.71. The van der Waals surface area contributed by atoms with Gasteiger partial charge in [0.2, 0.25) is 0 Å². The van der Waals surface area contributed by atoms with Crippen molar-refractivity contribution in [2.24, 2.45) is 5.92 Å². The molecular formula is C13H14BrFO2. The fourth-order valence-corrected chi connectivity index (χ4v) is 2.44. The van der Waals surface area contributed by atoms with Crippen LogP contribution in [0, 0.1) is 11.7 Å². The van der Waals surface area contributed by atoms with Gasteiger partial charge in [-0.05, 0) is 36.6 Å². The van der Waals surface area contributed by atoms with E-state index in [1.54, 1.807) is 12.1 Å². The van der Waals surface area contributed by atoms with Crippen LogP contribution in [-0.4, -0.2) is 19.0 Å². The van der Waals surface area contributed by atoms with Crippen molar-refractivity contribution < 1.29 is 13.9 Å². The van der Waals surface area contributed by atoms with Crippen LogP contribution in [0.25, 0.3) is 0 Å². The number of carbonyl (C=O) groups excluding carboxylic acids is 1. The fourth-order valence-electron chi connectivity index (χ4n) is 2.03. The molecule has 1 heterocycles. The number of rotatable bonds is 3. The predicted molar refractivity (Wildman–Crippen MR) is 66.4 cm³/mol. The molecule has 17 heavy (non-hydrogen) atoms. The molecule has 0 atom stereocenters. The number of hydrogen-bond donors (Lipinski definition) is 0. The van der Waals surface area contributed by atoms with Gasteiger partial charge in [-0.2, -0.15) is 0 Å². The van der Waals surface area contributed by atoms with E-state index in [1.807, 2.05) is 0 Å². The van der Waals surface area contributed by atoms with Gasteiger partial charge in [0.15, 0.2) is 0 Å². The van der Waals surface area contributed by atoms with Gasteiger partial charge in [-0.15, -0.1) is 0 Å². The van der Waals surface area contributed by atoms with Crippen molar-refractivity contribution in [3.05, 3.63) is 34.1 Å². The third-order valence-corrected chi connectivity index (χ3v) is 3.54. The van der Waals surface area contributed by atoms with Gasteiger partial charge in [0.05, 0.1) is 0 Å². The van der Waals surface area contributed by atoms with Crippen molar-refractivity contribution in [3.63, 3.8) is 0 Å². The maximum Gasteiger partial charge on any atom is 0.140 e. The van der Waals surface area contributed by atoms with E-state index in [4.69, 9.17) is 4.74 Å². The van der Waals surface area contributed by atoms with Gasteiger partial charge >= 0.3 is 0 Å². The molecule has 0 aromatic heterocycles. The van der Waals surface area contributed by atoms with Gasteiger partial charge in [-0.3, -0.25) is 4.79 Å². The van der Waals surface area contributed by atoms with Crippen LogP contribution in [0.3, 0.4) is 0 Å². The third-order valence-electron chi connectivity index (χ3n) is 3.05. The topological polar surface area (TPSA) is 26.3 Å². The van der Waals surface area contributed by atoms with Gasteiger partial charge in [0.25, 0.3) is 0 Å². The Labute approximate surface area is 108 Å². The minimum atomic E-state index is -0.311. The van der Waals surface area contributed by atoms with Crippen LogP contribution in [0.15, 0.2) is 22.7 Å². The summed E-state index contributed by atoms with van der Waals surface area (Å²) in [7, 11) is 0. The lowest BCUT2D eigenvalue weighted by atomic mass is 9.91. The lowest BCUT2D eigenvalue weighted by Gasteiger charge is -2.20. The molecule has 1 aliphatic heterocycles. The second-order valence-corrected chi connectivity index (χ2v) is 5.18. The molecule has 1 aromatic carbocycles. The average Bonchev–Trinajstić information content (AvgIpc) is 2.35. The zero-order valence-corrected chi connectivity index (χ0v) is 11.0. The molecule has 0 bridgehead atoms. The first-order valence-corrected chi connectivity index (χ1v) is 6.50. The van der Waals surface area contributed by atoms with Crippen molar-refractivity contribution in [1.82, 2.24) is 0 Å². The van der Waals surface area contributed by atoms with Gasteiger partial charge < -0.3 is 4.74 Å². The largest absolute Gasteiger partial charge is 0.381 e. The van der Waals surface area contributed by atoms with Crippen LogP contribution in [-0.2, 0) is 16.0 Å². The molecule has 1 fully saturated rings. The van der Waals surface area contributed by atoms with E-state index in [1.165, 1.54) is 6.07 Å². The zero-order valence-electron chi connectivity index (χ0n) is 9.42. The summed E-state index contributed by atoms with van der Waals surface area (Å²) in [6, 6.07) is 4.70. The van der Waals surface area contributed by atoms with Gasteiger partial charge in [-0.25, -0.2) is 4.39 Å². The normalized spacial score (nSPS) is 17.1. The molecule has 0 saturated carbocycles. The van der Waals surface area contributed by atoms with Crippen molar-refractivity contribution >= 4 is 21.7 Å². The lowest BCUT2D eigenvalue weighted by Crippen LogP contribution is -2.25. The summed E-state index contributed by atoms with van der Waals surface area (Å²) < 4.78 is 19.5. The van der Waals surface area contributed by atoms with Crippen molar-refractivity contribution in [2.45, 2.75) is 19.3 Å². The molecule has 0 spiro atoms. The van der Waals surface area contributed by atoms with E-state index < -0.39 is 0 Å². The second kappa shape index (κ2) is 5.74. The minimum absolute atomic E-state index is 0.0298. The summed E-state index contributed by atoms with van der Waals surface area (Å²) in [6.45, 7) is 1.27. The summed E-state index contributed by atoms with van der Waals surface area (Å²) in [5.41, 5.74) is 0.468. The number of Topliss-reactive ketones (excluding diaryl/α,β-unsaturated/α-hetero) is 1. The number of halogens is 2. The predicted octanol–water partition coefficient (Wildman–Crippen LogP) is 3.13. The number of carbonyl (C=O) groups is 1. The Hall–Kier alpha value is -0.740.